The fourth-order valence-electron chi connectivity index (χ4n) is 3.32. The van der Waals surface area contributed by atoms with Gasteiger partial charge in [-0.2, -0.15) is 0 Å². The molecule has 2 aromatic carbocycles. The zero-order chi connectivity index (χ0) is 20.5. The first-order chi connectivity index (χ1) is 13.9. The minimum Gasteiger partial charge on any atom is -0.457 e. The summed E-state index contributed by atoms with van der Waals surface area (Å²) in [4.78, 5) is 48.0. The number of hydrogen-bond donors (Lipinski definition) is 1. The second-order valence-electron chi connectivity index (χ2n) is 6.83. The van der Waals surface area contributed by atoms with Gasteiger partial charge in [-0.25, -0.2) is 4.79 Å². The van der Waals surface area contributed by atoms with Crippen molar-refractivity contribution in [3.05, 3.63) is 64.1 Å². The first kappa shape index (κ1) is 18.7. The molecule has 8 heteroatoms. The lowest BCUT2D eigenvalue weighted by Gasteiger charge is -2.07. The Bertz CT molecular complexity index is 1190. The van der Waals surface area contributed by atoms with Gasteiger partial charge in [-0.05, 0) is 42.8 Å². The summed E-state index contributed by atoms with van der Waals surface area (Å²) in [6.45, 7) is 1.44. The van der Waals surface area contributed by atoms with Gasteiger partial charge in [0, 0.05) is 17.8 Å². The van der Waals surface area contributed by atoms with Gasteiger partial charge < -0.3 is 14.5 Å². The number of fused-ring (bicyclic) bond motifs is 2. The Labute approximate surface area is 165 Å². The van der Waals surface area contributed by atoms with Crippen molar-refractivity contribution in [3.63, 3.8) is 0 Å². The number of ketones is 1. The molecule has 4 rings (SSSR count). The van der Waals surface area contributed by atoms with E-state index in [0.717, 1.165) is 5.56 Å². The predicted octanol–water partition coefficient (Wildman–Crippen LogP) is 2.47. The van der Waals surface area contributed by atoms with Crippen molar-refractivity contribution in [1.29, 1.82) is 0 Å². The molecule has 0 aliphatic carbocycles. The minimum atomic E-state index is -0.595. The highest BCUT2D eigenvalue weighted by atomic mass is 16.5. The Balaban J connectivity index is 1.35. The molecule has 3 aromatic rings. The van der Waals surface area contributed by atoms with Gasteiger partial charge in [0.15, 0.2) is 18.0 Å². The number of Topliss-reactive ketones (excluding diaryl/α,β-unsaturated/α-hetero) is 1. The van der Waals surface area contributed by atoms with Crippen molar-refractivity contribution in [2.24, 2.45) is 0 Å². The number of hydrogen-bond acceptors (Lipinski definition) is 6. The first-order valence-electron chi connectivity index (χ1n) is 9.16. The number of esters is 1. The molecule has 0 unspecified atom stereocenters. The maximum absolute atomic E-state index is 12.3. The normalized spacial score (nSPS) is 15.2. The van der Waals surface area contributed by atoms with Crippen LogP contribution in [0.25, 0.3) is 11.1 Å². The van der Waals surface area contributed by atoms with Crippen molar-refractivity contribution in [2.45, 2.75) is 25.8 Å². The van der Waals surface area contributed by atoms with Crippen molar-refractivity contribution >= 4 is 34.4 Å². The molecular weight excluding hydrogens is 376 g/mol. The number of anilines is 1. The topological polar surface area (TPSA) is 108 Å². The number of carbonyl (C=O) groups excluding carboxylic acids is 3. The zero-order valence-electron chi connectivity index (χ0n) is 15.6. The van der Waals surface area contributed by atoms with Gasteiger partial charge in [0.2, 0.25) is 5.91 Å². The van der Waals surface area contributed by atoms with E-state index >= 15 is 0 Å². The summed E-state index contributed by atoms with van der Waals surface area (Å²) < 4.78 is 11.5. The summed E-state index contributed by atoms with van der Waals surface area (Å²) in [7, 11) is 0. The molecule has 2 heterocycles. The van der Waals surface area contributed by atoms with E-state index in [0.29, 0.717) is 22.4 Å². The van der Waals surface area contributed by atoms with Crippen molar-refractivity contribution in [2.75, 3.05) is 11.9 Å². The van der Waals surface area contributed by atoms with Crippen molar-refractivity contribution in [1.82, 2.24) is 4.57 Å². The molecule has 0 spiro atoms. The van der Waals surface area contributed by atoms with Crippen molar-refractivity contribution < 1.29 is 23.5 Å². The number of benzene rings is 2. The number of oxazole rings is 1. The molecule has 29 heavy (non-hydrogen) atoms. The lowest BCUT2D eigenvalue weighted by atomic mass is 9.99. The molecule has 1 aromatic heterocycles. The number of aryl methyl sites for hydroxylation is 1. The summed E-state index contributed by atoms with van der Waals surface area (Å²) in [6, 6.07) is 11.8. The second-order valence-corrected chi connectivity index (χ2v) is 6.83. The molecular formula is C21H18N2O6. The number of aromatic nitrogens is 1. The van der Waals surface area contributed by atoms with Crippen LogP contribution in [0.5, 0.6) is 0 Å². The Morgan fingerprint density at radius 1 is 1.17 bits per heavy atom. The molecule has 0 saturated carbocycles. The van der Waals surface area contributed by atoms with Gasteiger partial charge in [-0.3, -0.25) is 19.0 Å². The van der Waals surface area contributed by atoms with Crippen LogP contribution in [-0.4, -0.2) is 28.8 Å². The number of nitrogens with zero attached hydrogens (tertiary/aromatic N) is 1. The van der Waals surface area contributed by atoms with E-state index in [1.54, 1.807) is 49.4 Å². The van der Waals surface area contributed by atoms with E-state index in [2.05, 4.69) is 5.32 Å². The van der Waals surface area contributed by atoms with Crippen LogP contribution in [0.15, 0.2) is 51.7 Å². The van der Waals surface area contributed by atoms with Gasteiger partial charge in [0.05, 0.1) is 17.9 Å². The Hall–Kier alpha value is -3.68. The smallest absolute Gasteiger partial charge is 0.419 e. The van der Waals surface area contributed by atoms with Gasteiger partial charge in [0.1, 0.15) is 0 Å². The van der Waals surface area contributed by atoms with Crippen LogP contribution in [0.4, 0.5) is 5.69 Å². The van der Waals surface area contributed by atoms with Crippen LogP contribution >= 0.6 is 0 Å². The van der Waals surface area contributed by atoms with Crippen LogP contribution < -0.4 is 11.1 Å². The zero-order valence-corrected chi connectivity index (χ0v) is 15.6. The average molecular weight is 394 g/mol. The molecule has 1 aliphatic rings. The maximum atomic E-state index is 12.3. The molecule has 148 valence electrons. The number of rotatable bonds is 6. The summed E-state index contributed by atoms with van der Waals surface area (Å²) in [6.07, 6.45) is -0.0731. The molecule has 0 bridgehead atoms. The van der Waals surface area contributed by atoms with E-state index < -0.39 is 18.3 Å². The largest absolute Gasteiger partial charge is 0.457 e. The summed E-state index contributed by atoms with van der Waals surface area (Å²) in [5.74, 6) is -1.95. The average Bonchev–Trinajstić information content (AvgIpc) is 3.19. The molecule has 0 saturated heterocycles. The lowest BCUT2D eigenvalue weighted by Crippen LogP contribution is -2.19. The van der Waals surface area contributed by atoms with Gasteiger partial charge in [0.25, 0.3) is 0 Å². The maximum Gasteiger partial charge on any atom is 0.419 e. The Morgan fingerprint density at radius 3 is 2.79 bits per heavy atom. The van der Waals surface area contributed by atoms with E-state index in [4.69, 9.17) is 9.15 Å². The number of amides is 1. The molecule has 8 nitrogen and oxygen atoms in total. The minimum absolute atomic E-state index is 0.0731. The van der Waals surface area contributed by atoms with E-state index in [1.807, 2.05) is 0 Å². The molecule has 1 N–H and O–H groups in total. The Kier molecular flexibility index (Phi) is 4.75. The molecule has 1 aliphatic heterocycles. The quantitative estimate of drug-likeness (QED) is 0.508. The van der Waals surface area contributed by atoms with Gasteiger partial charge in [-0.15, -0.1) is 0 Å². The highest BCUT2D eigenvalue weighted by molar-refractivity contribution is 6.05. The third-order valence-electron chi connectivity index (χ3n) is 4.97. The number of carbonyl (C=O) groups is 3. The molecule has 0 radical (unpaired) electrons. The third-order valence-corrected chi connectivity index (χ3v) is 4.97. The predicted molar refractivity (Wildman–Crippen MR) is 104 cm³/mol. The number of ether oxygens (including phenoxy) is 1. The van der Waals surface area contributed by atoms with Crippen LogP contribution in [-0.2, 0) is 20.9 Å². The van der Waals surface area contributed by atoms with Crippen LogP contribution in [0.3, 0.4) is 0 Å². The Morgan fingerprint density at radius 2 is 1.97 bits per heavy atom. The molecule has 1 amide bonds. The first-order valence-corrected chi connectivity index (χ1v) is 9.16. The van der Waals surface area contributed by atoms with Gasteiger partial charge in [-0.1, -0.05) is 12.1 Å². The molecule has 1 atom stereocenters. The highest BCUT2D eigenvalue weighted by Crippen LogP contribution is 2.32. The fraction of sp³-hybridized carbons (Fsp3) is 0.238. The number of nitrogens with one attached hydrogen (secondary N) is 1. The van der Waals surface area contributed by atoms with E-state index in [-0.39, 0.29) is 30.6 Å². The van der Waals surface area contributed by atoms with Crippen LogP contribution in [0.2, 0.25) is 0 Å². The molecule has 0 fully saturated rings. The SMILES string of the molecule is C[C@@H]1C(=O)Nc2ccc(C(=O)COC(=O)CCn3c(=O)oc4ccccc43)cc21. The van der Waals surface area contributed by atoms with Crippen LogP contribution in [0, 0.1) is 0 Å². The van der Waals surface area contributed by atoms with E-state index in [1.165, 1.54) is 4.57 Å². The van der Waals surface area contributed by atoms with Crippen LogP contribution in [0.1, 0.15) is 35.2 Å². The second kappa shape index (κ2) is 7.38. The lowest BCUT2D eigenvalue weighted by molar-refractivity contribution is -0.142. The highest BCUT2D eigenvalue weighted by Gasteiger charge is 2.27. The number of para-hydroxylation sites is 2. The standard InChI is InChI=1S/C21H18N2O6/c1-12-14-10-13(6-7-15(14)22-20(12)26)17(24)11-28-19(25)8-9-23-16-4-2-3-5-18(16)29-21(23)27/h2-7,10,12H,8-9,11H2,1H3,(H,22,26)/t12-/m0/s1. The monoisotopic (exact) mass is 394 g/mol. The summed E-state index contributed by atoms with van der Waals surface area (Å²) in [5.41, 5.74) is 2.85. The fourth-order valence-corrected chi connectivity index (χ4v) is 3.32. The third kappa shape index (κ3) is 3.56. The van der Waals surface area contributed by atoms with Crippen molar-refractivity contribution in [3.8, 4) is 0 Å². The summed E-state index contributed by atoms with van der Waals surface area (Å²) >= 11 is 0. The van der Waals surface area contributed by atoms with E-state index in [9.17, 15) is 19.2 Å². The summed E-state index contributed by atoms with van der Waals surface area (Å²) in [5, 5.41) is 2.74. The van der Waals surface area contributed by atoms with Gasteiger partial charge >= 0.3 is 11.7 Å².